The Morgan fingerprint density at radius 1 is 0.409 bits per heavy atom. The van der Waals surface area contributed by atoms with E-state index in [2.05, 4.69) is 204 Å². The second-order valence-electron chi connectivity index (χ2n) is 10.3. The molecule has 0 heterocycles. The topological polar surface area (TPSA) is 12.4 Å². The molecule has 0 spiro atoms. The van der Waals surface area contributed by atoms with Crippen LogP contribution in [0.4, 0.5) is 0 Å². The normalized spacial score (nSPS) is 10.6. The van der Waals surface area contributed by atoms with Gasteiger partial charge >= 0.3 is 24.8 Å². The summed E-state index contributed by atoms with van der Waals surface area (Å²) in [7, 11) is 4.34. The number of thiol groups is 1. The molecule has 0 saturated heterocycles. The number of halogens is 1. The molecule has 0 aliphatic carbocycles. The largest absolute Gasteiger partial charge is 0.0622 e. The van der Waals surface area contributed by atoms with Crippen molar-refractivity contribution in [3.63, 3.8) is 0 Å². The molecule has 44 heavy (non-hydrogen) atoms. The number of benzene rings is 8. The van der Waals surface area contributed by atoms with Gasteiger partial charge in [-0.3, -0.25) is 0 Å². The molecule has 0 fully saturated rings. The fraction of sp³-hybridized carbons (Fsp3) is 0. The van der Waals surface area contributed by atoms with Crippen molar-refractivity contribution in [3.8, 4) is 22.3 Å². The van der Waals surface area contributed by atoms with Crippen molar-refractivity contribution in [1.29, 1.82) is 0 Å². The molecule has 0 bridgehead atoms. The number of nitrogens with zero attached hydrogens (tertiary/aromatic N) is 1. The summed E-state index contributed by atoms with van der Waals surface area (Å²) in [5.74, 6) is 0. The predicted molar refractivity (Wildman–Crippen MR) is 199 cm³/mol. The number of hydrogen-bond donors (Lipinski definition) is 1. The van der Waals surface area contributed by atoms with Crippen LogP contribution in [0.3, 0.4) is 0 Å². The molecule has 0 aliphatic heterocycles. The van der Waals surface area contributed by atoms with Crippen LogP contribution in [0.2, 0.25) is 0 Å². The molecule has 8 aromatic carbocycles. The summed E-state index contributed by atoms with van der Waals surface area (Å²) >= 11 is 6.98. The van der Waals surface area contributed by atoms with E-state index < -0.39 is 0 Å². The maximum atomic E-state index is 4.34. The molecule has 209 valence electrons. The summed E-state index contributed by atoms with van der Waals surface area (Å²) in [5.41, 5.74) is 5.18. The van der Waals surface area contributed by atoms with Gasteiger partial charge in [-0.1, -0.05) is 158 Å². The number of fused-ring (bicyclic) bond motifs is 4. The van der Waals surface area contributed by atoms with Gasteiger partial charge in [0.1, 0.15) is 0 Å². The van der Waals surface area contributed by atoms with Crippen LogP contribution in [0, 0.1) is 0 Å². The second-order valence-corrected chi connectivity index (χ2v) is 11.3. The minimum Gasteiger partial charge on any atom is -0.0622 e. The van der Waals surface area contributed by atoms with Gasteiger partial charge in [-0.25, -0.2) is 0 Å². The van der Waals surface area contributed by atoms with Crippen molar-refractivity contribution in [2.24, 2.45) is 4.30 Å². The molecule has 0 N–H and O–H groups in total. The minimum absolute atomic E-state index is 1.17. The summed E-state index contributed by atoms with van der Waals surface area (Å²) in [6, 6.07) is 58.0. The van der Waals surface area contributed by atoms with Gasteiger partial charge in [-0.15, -0.1) is 0 Å². The predicted octanol–water partition coefficient (Wildman–Crippen LogP) is 12.3. The molecule has 8 rings (SSSR count). The second kappa shape index (κ2) is 13.9. The monoisotopic (exact) mass is 644 g/mol. The molecular weight excluding hydrogens is 617 g/mol. The smallest absolute Gasteiger partial charge is 0.00268 e. The zero-order valence-electron chi connectivity index (χ0n) is 23.9. The zero-order valence-corrected chi connectivity index (χ0v) is 26.4. The Labute approximate surface area is 273 Å². The minimum atomic E-state index is 1.17. The van der Waals surface area contributed by atoms with Gasteiger partial charge < -0.3 is 0 Å². The molecule has 0 aliphatic rings. The van der Waals surface area contributed by atoms with E-state index >= 15 is 0 Å². The molecule has 1 nitrogen and oxygen atoms in total. The quantitative estimate of drug-likeness (QED) is 0.109. The molecule has 0 aromatic heterocycles. The first-order chi connectivity index (χ1) is 21.7. The van der Waals surface area contributed by atoms with E-state index in [0.717, 1.165) is 0 Å². The van der Waals surface area contributed by atoms with E-state index in [-0.39, 0.29) is 0 Å². The van der Waals surface area contributed by atoms with Crippen LogP contribution < -0.4 is 0 Å². The van der Waals surface area contributed by atoms with Crippen LogP contribution >= 0.6 is 28.7 Å². The van der Waals surface area contributed by atoms with Crippen molar-refractivity contribution in [1.82, 2.24) is 0 Å². The van der Waals surface area contributed by atoms with Crippen LogP contribution in [-0.2, 0) is 0 Å². The van der Waals surface area contributed by atoms with Crippen molar-refractivity contribution in [2.45, 2.75) is 0 Å². The van der Waals surface area contributed by atoms with Crippen molar-refractivity contribution in [2.75, 3.05) is 0 Å². The first kappa shape index (κ1) is 29.6. The Balaban J connectivity index is 0.000000144. The SMILES string of the molecule is Brc1c2ccccc2c(-c2ccccc2)c2ccccc12.[B]=NS.c1ccc(-c2c3ccccc3cc3ccccc23)cc1. The van der Waals surface area contributed by atoms with Gasteiger partial charge in [0.25, 0.3) is 0 Å². The van der Waals surface area contributed by atoms with Crippen molar-refractivity contribution >= 4 is 79.5 Å². The molecule has 0 saturated carbocycles. The summed E-state index contributed by atoms with van der Waals surface area (Å²) in [6.07, 6.45) is 0. The van der Waals surface area contributed by atoms with E-state index in [1.54, 1.807) is 0 Å². The summed E-state index contributed by atoms with van der Waals surface area (Å²) in [5, 5.41) is 10.3. The fourth-order valence-corrected chi connectivity index (χ4v) is 6.61. The van der Waals surface area contributed by atoms with Crippen LogP contribution in [0.25, 0.3) is 65.3 Å². The first-order valence-electron chi connectivity index (χ1n) is 14.4. The maximum absolute atomic E-state index is 4.34. The van der Waals surface area contributed by atoms with E-state index in [0.29, 0.717) is 0 Å². The fourth-order valence-electron chi connectivity index (χ4n) is 5.92. The van der Waals surface area contributed by atoms with E-state index in [1.807, 2.05) is 0 Å². The zero-order chi connectivity index (χ0) is 30.3. The third kappa shape index (κ3) is 5.97. The van der Waals surface area contributed by atoms with Crippen LogP contribution in [0.15, 0.2) is 173 Å². The Morgan fingerprint density at radius 2 is 0.705 bits per heavy atom. The molecule has 0 unspecified atom stereocenters. The van der Waals surface area contributed by atoms with Crippen LogP contribution in [-0.4, -0.2) is 7.64 Å². The van der Waals surface area contributed by atoms with E-state index in [9.17, 15) is 0 Å². The van der Waals surface area contributed by atoms with Crippen molar-refractivity contribution < 1.29 is 0 Å². The van der Waals surface area contributed by atoms with Gasteiger partial charge in [-0.05, 0) is 87.3 Å². The Bertz CT molecular complexity index is 2100. The molecule has 1 radical (unpaired) electrons. The van der Waals surface area contributed by atoms with Gasteiger partial charge in [0, 0.05) is 4.47 Å². The third-order valence-corrected chi connectivity index (χ3v) is 8.62. The third-order valence-electron chi connectivity index (χ3n) is 7.76. The average Bonchev–Trinajstić information content (AvgIpc) is 3.09. The average molecular weight is 645 g/mol. The van der Waals surface area contributed by atoms with Crippen molar-refractivity contribution in [3.05, 3.63) is 168 Å². The molecule has 0 atom stereocenters. The van der Waals surface area contributed by atoms with Gasteiger partial charge in [0.05, 0.1) is 0 Å². The number of hydrogen-bond acceptors (Lipinski definition) is 2. The standard InChI is InChI=1S/C20H13Br.C20H14.BHNS/c21-20-17-12-6-4-10-15(17)19(14-8-2-1-3-9-14)16-11-5-7-13-18(16)20;1-2-8-15(9-3-1)20-18-12-6-4-10-16(18)14-17-11-5-7-13-19(17)20;1-2-3/h1-13H;1-14H;3H. The molecule has 8 aromatic rings. The van der Waals surface area contributed by atoms with Gasteiger partial charge in [0.2, 0.25) is 0 Å². The molecular formula is C40H28BBrNS. The Hall–Kier alpha value is -4.51. The van der Waals surface area contributed by atoms with Gasteiger partial charge in [0.15, 0.2) is 0 Å². The summed E-state index contributed by atoms with van der Waals surface area (Å²) < 4.78 is 3.87. The summed E-state index contributed by atoms with van der Waals surface area (Å²) in [4.78, 5) is 0. The van der Waals surface area contributed by atoms with Crippen LogP contribution in [0.1, 0.15) is 0 Å². The van der Waals surface area contributed by atoms with Gasteiger partial charge in [-0.2, -0.15) is 0 Å². The summed E-state index contributed by atoms with van der Waals surface area (Å²) in [6.45, 7) is 0. The Kier molecular flexibility index (Phi) is 9.31. The van der Waals surface area contributed by atoms with E-state index in [1.165, 1.54) is 69.8 Å². The Morgan fingerprint density at radius 3 is 1.11 bits per heavy atom. The first-order valence-corrected chi connectivity index (χ1v) is 15.5. The van der Waals surface area contributed by atoms with E-state index in [4.69, 9.17) is 0 Å². The number of rotatable bonds is 2. The molecule has 4 heteroatoms. The molecule has 0 amide bonds. The maximum Gasteiger partial charge on any atom is -0.00268 e. The van der Waals surface area contributed by atoms with Crippen LogP contribution in [0.5, 0.6) is 0 Å².